The summed E-state index contributed by atoms with van der Waals surface area (Å²) in [6, 6.07) is 7.04. The highest BCUT2D eigenvalue weighted by molar-refractivity contribution is 6.33. The lowest BCUT2D eigenvalue weighted by Gasteiger charge is -2.36. The molecule has 0 radical (unpaired) electrons. The Labute approximate surface area is 145 Å². The van der Waals surface area contributed by atoms with E-state index in [1.165, 1.54) is 0 Å². The van der Waals surface area contributed by atoms with Crippen molar-refractivity contribution in [1.82, 2.24) is 9.80 Å². The summed E-state index contributed by atoms with van der Waals surface area (Å²) in [4.78, 5) is 32.0. The predicted octanol–water partition coefficient (Wildman–Crippen LogP) is 2.13. The second kappa shape index (κ2) is 6.43. The maximum absolute atomic E-state index is 12.5. The van der Waals surface area contributed by atoms with Crippen molar-refractivity contribution in [3.05, 3.63) is 34.9 Å². The van der Waals surface area contributed by atoms with E-state index in [-0.39, 0.29) is 5.91 Å². The van der Waals surface area contributed by atoms with Crippen molar-refractivity contribution in [3.8, 4) is 0 Å². The number of halogens is 1. The summed E-state index contributed by atoms with van der Waals surface area (Å²) >= 11 is 6.09. The molecule has 2 aliphatic rings. The fraction of sp³-hybridized carbons (Fsp3) is 0.471. The van der Waals surface area contributed by atoms with Crippen molar-refractivity contribution in [2.75, 3.05) is 26.2 Å². The monoisotopic (exact) mass is 349 g/mol. The molecule has 1 N–H and O–H groups in total. The zero-order valence-electron chi connectivity index (χ0n) is 13.5. The standard InChI is InChI=1S/C17H20ClN3O3/c1-12(19-17(6-7-17)16(23)24)20-8-10-21(11-9-20)15(22)13-4-2-3-5-14(13)18/h2-5H,6-11H2,1H3,(H,23,24). The number of aliphatic imine (C=N–C) groups is 1. The van der Waals surface area contributed by atoms with Crippen molar-refractivity contribution in [2.24, 2.45) is 4.99 Å². The molecule has 0 atom stereocenters. The van der Waals surface area contributed by atoms with Gasteiger partial charge in [-0.3, -0.25) is 9.79 Å². The first-order chi connectivity index (χ1) is 11.4. The molecule has 0 bridgehead atoms. The molecule has 6 nitrogen and oxygen atoms in total. The van der Waals surface area contributed by atoms with Gasteiger partial charge in [0.05, 0.1) is 16.4 Å². The third kappa shape index (κ3) is 3.24. The summed E-state index contributed by atoms with van der Waals surface area (Å²) in [6.45, 7) is 4.25. The third-order valence-electron chi connectivity index (χ3n) is 4.63. The van der Waals surface area contributed by atoms with Crippen molar-refractivity contribution in [1.29, 1.82) is 0 Å². The van der Waals surface area contributed by atoms with Crippen LogP contribution in [0, 0.1) is 0 Å². The van der Waals surface area contributed by atoms with Crippen LogP contribution in [-0.2, 0) is 4.79 Å². The molecule has 1 amide bonds. The molecule has 1 saturated carbocycles. The van der Waals surface area contributed by atoms with Crippen LogP contribution in [0.2, 0.25) is 5.02 Å². The molecule has 2 fully saturated rings. The minimum absolute atomic E-state index is 0.0703. The van der Waals surface area contributed by atoms with Crippen LogP contribution >= 0.6 is 11.6 Å². The molecule has 0 unspecified atom stereocenters. The van der Waals surface area contributed by atoms with Crippen LogP contribution in [0.5, 0.6) is 0 Å². The maximum atomic E-state index is 12.5. The molecule has 3 rings (SSSR count). The smallest absolute Gasteiger partial charge is 0.331 e. The SMILES string of the molecule is CC(=NC1(C(=O)O)CC1)N1CCN(C(=O)c2ccccc2Cl)CC1. The van der Waals surface area contributed by atoms with Gasteiger partial charge in [-0.25, -0.2) is 4.79 Å². The Morgan fingerprint density at radius 1 is 1.12 bits per heavy atom. The minimum atomic E-state index is -0.908. The van der Waals surface area contributed by atoms with E-state index < -0.39 is 11.5 Å². The number of carboxylic acid groups (broad SMARTS) is 1. The Bertz CT molecular complexity index is 692. The molecule has 0 aromatic heterocycles. The normalized spacial score (nSPS) is 20.0. The highest BCUT2D eigenvalue weighted by atomic mass is 35.5. The average Bonchev–Trinajstić information content (AvgIpc) is 3.36. The first-order valence-electron chi connectivity index (χ1n) is 8.01. The molecule has 0 spiro atoms. The van der Waals surface area contributed by atoms with E-state index in [9.17, 15) is 14.7 Å². The van der Waals surface area contributed by atoms with Crippen molar-refractivity contribution < 1.29 is 14.7 Å². The number of rotatable bonds is 3. The molecule has 1 aromatic rings. The van der Waals surface area contributed by atoms with Crippen LogP contribution in [-0.4, -0.2) is 64.3 Å². The fourth-order valence-corrected chi connectivity index (χ4v) is 3.13. The summed E-state index contributed by atoms with van der Waals surface area (Å²) in [7, 11) is 0. The Hall–Kier alpha value is -2.08. The number of amidine groups is 1. The fourth-order valence-electron chi connectivity index (χ4n) is 2.91. The van der Waals surface area contributed by atoms with Gasteiger partial charge in [-0.05, 0) is 31.9 Å². The number of carboxylic acids is 1. The number of piperazine rings is 1. The van der Waals surface area contributed by atoms with Crippen molar-refractivity contribution in [2.45, 2.75) is 25.3 Å². The molecular weight excluding hydrogens is 330 g/mol. The lowest BCUT2D eigenvalue weighted by atomic mass is 10.2. The summed E-state index contributed by atoms with van der Waals surface area (Å²) in [5.41, 5.74) is -0.393. The predicted molar refractivity (Wildman–Crippen MR) is 91.6 cm³/mol. The Kier molecular flexibility index (Phi) is 4.49. The van der Waals surface area contributed by atoms with Gasteiger partial charge in [0.1, 0.15) is 0 Å². The zero-order chi connectivity index (χ0) is 17.3. The van der Waals surface area contributed by atoms with Gasteiger partial charge in [-0.15, -0.1) is 0 Å². The van der Waals surface area contributed by atoms with E-state index in [4.69, 9.17) is 11.6 Å². The molecule has 1 aliphatic carbocycles. The number of aliphatic carboxylic acids is 1. The minimum Gasteiger partial charge on any atom is -0.479 e. The number of carbonyl (C=O) groups is 2. The van der Waals surface area contributed by atoms with E-state index in [0.29, 0.717) is 49.6 Å². The highest BCUT2D eigenvalue weighted by Crippen LogP contribution is 2.40. The lowest BCUT2D eigenvalue weighted by Crippen LogP contribution is -2.50. The number of hydrogen-bond acceptors (Lipinski definition) is 3. The molecule has 1 aromatic carbocycles. The second-order valence-electron chi connectivity index (χ2n) is 6.25. The number of benzene rings is 1. The molecular formula is C17H20ClN3O3. The van der Waals surface area contributed by atoms with Gasteiger partial charge >= 0.3 is 5.97 Å². The lowest BCUT2D eigenvalue weighted by molar-refractivity contribution is -0.139. The number of amides is 1. The largest absolute Gasteiger partial charge is 0.479 e. The van der Waals surface area contributed by atoms with Crippen molar-refractivity contribution in [3.63, 3.8) is 0 Å². The van der Waals surface area contributed by atoms with Crippen LogP contribution in [0.15, 0.2) is 29.3 Å². The molecule has 1 aliphatic heterocycles. The van der Waals surface area contributed by atoms with E-state index in [1.807, 2.05) is 11.8 Å². The van der Waals surface area contributed by atoms with Gasteiger partial charge in [-0.2, -0.15) is 0 Å². The average molecular weight is 350 g/mol. The number of carbonyl (C=O) groups excluding carboxylic acids is 1. The van der Waals surface area contributed by atoms with E-state index in [2.05, 4.69) is 4.99 Å². The molecule has 7 heteroatoms. The highest BCUT2D eigenvalue weighted by Gasteiger charge is 2.51. The Morgan fingerprint density at radius 3 is 2.25 bits per heavy atom. The quantitative estimate of drug-likeness (QED) is 0.670. The van der Waals surface area contributed by atoms with Gasteiger partial charge < -0.3 is 14.9 Å². The van der Waals surface area contributed by atoms with Gasteiger partial charge in [0.2, 0.25) is 0 Å². The maximum Gasteiger partial charge on any atom is 0.331 e. The van der Waals surface area contributed by atoms with Gasteiger partial charge in [0.25, 0.3) is 5.91 Å². The van der Waals surface area contributed by atoms with Crippen LogP contribution in [0.25, 0.3) is 0 Å². The van der Waals surface area contributed by atoms with E-state index >= 15 is 0 Å². The van der Waals surface area contributed by atoms with E-state index in [0.717, 1.165) is 5.84 Å². The van der Waals surface area contributed by atoms with Crippen LogP contribution < -0.4 is 0 Å². The summed E-state index contributed by atoms with van der Waals surface area (Å²) in [5, 5.41) is 9.69. The summed E-state index contributed by atoms with van der Waals surface area (Å²) < 4.78 is 0. The van der Waals surface area contributed by atoms with E-state index in [1.54, 1.807) is 29.2 Å². The molecule has 128 valence electrons. The first kappa shape index (κ1) is 16.8. The topological polar surface area (TPSA) is 73.2 Å². The summed E-state index contributed by atoms with van der Waals surface area (Å²) in [6.07, 6.45) is 1.20. The van der Waals surface area contributed by atoms with Crippen LogP contribution in [0.3, 0.4) is 0 Å². The summed E-state index contributed by atoms with van der Waals surface area (Å²) in [5.74, 6) is -0.187. The van der Waals surface area contributed by atoms with Crippen LogP contribution in [0.1, 0.15) is 30.1 Å². The third-order valence-corrected chi connectivity index (χ3v) is 4.96. The Balaban J connectivity index is 1.62. The number of hydrogen-bond donors (Lipinski definition) is 1. The van der Waals surface area contributed by atoms with Gasteiger partial charge in [-0.1, -0.05) is 23.7 Å². The van der Waals surface area contributed by atoms with Crippen molar-refractivity contribution >= 4 is 29.3 Å². The molecule has 1 heterocycles. The second-order valence-corrected chi connectivity index (χ2v) is 6.66. The number of nitrogens with zero attached hydrogens (tertiary/aromatic N) is 3. The molecule has 1 saturated heterocycles. The van der Waals surface area contributed by atoms with Gasteiger partial charge in [0, 0.05) is 26.2 Å². The zero-order valence-corrected chi connectivity index (χ0v) is 14.3. The van der Waals surface area contributed by atoms with Gasteiger partial charge in [0.15, 0.2) is 5.54 Å². The first-order valence-corrected chi connectivity index (χ1v) is 8.39. The van der Waals surface area contributed by atoms with Crippen LogP contribution in [0.4, 0.5) is 0 Å². The molecule has 24 heavy (non-hydrogen) atoms. The Morgan fingerprint density at radius 2 is 1.71 bits per heavy atom.